The Morgan fingerprint density at radius 2 is 1.97 bits per heavy atom. The number of rotatable bonds is 6. The minimum Gasteiger partial charge on any atom is -0.484 e. The molecule has 1 amide bonds. The Morgan fingerprint density at radius 1 is 1.14 bits per heavy atom. The van der Waals surface area contributed by atoms with Crippen LogP contribution in [-0.2, 0) is 11.8 Å². The topological polar surface area (TPSA) is 81.5 Å². The number of carbonyl (C=O) groups is 1. The maximum absolute atomic E-state index is 12.8. The molecule has 1 N–H and O–H groups in total. The van der Waals surface area contributed by atoms with Crippen molar-refractivity contribution in [1.29, 1.82) is 0 Å². The van der Waals surface area contributed by atoms with Crippen LogP contribution in [0.25, 0.3) is 0 Å². The largest absolute Gasteiger partial charge is 0.484 e. The fourth-order valence-electron chi connectivity index (χ4n) is 3.29. The average molecular weight is 393 g/mol. The van der Waals surface area contributed by atoms with E-state index in [-0.39, 0.29) is 18.6 Å². The number of ether oxygens (including phenoxy) is 2. The molecule has 4 rings (SSSR count). The van der Waals surface area contributed by atoms with Gasteiger partial charge < -0.3 is 24.3 Å². The lowest BCUT2D eigenvalue weighted by atomic mass is 10.1. The zero-order valence-electron chi connectivity index (χ0n) is 16.2. The summed E-state index contributed by atoms with van der Waals surface area (Å²) in [5.74, 6) is 2.58. The molecule has 1 atom stereocenters. The van der Waals surface area contributed by atoms with E-state index in [9.17, 15) is 4.79 Å². The second kappa shape index (κ2) is 8.74. The van der Waals surface area contributed by atoms with E-state index in [0.29, 0.717) is 30.5 Å². The predicted octanol–water partition coefficient (Wildman–Crippen LogP) is 2.16. The number of pyridine rings is 1. The summed E-state index contributed by atoms with van der Waals surface area (Å²) in [6, 6.07) is 12.5. The van der Waals surface area contributed by atoms with Crippen molar-refractivity contribution in [3.63, 3.8) is 0 Å². The zero-order valence-corrected chi connectivity index (χ0v) is 16.2. The quantitative estimate of drug-likeness (QED) is 0.691. The normalized spacial score (nSPS) is 16.4. The zero-order chi connectivity index (χ0) is 20.1. The Labute approximate surface area is 169 Å². The van der Waals surface area contributed by atoms with Crippen LogP contribution in [0.1, 0.15) is 11.9 Å². The van der Waals surface area contributed by atoms with E-state index in [0.717, 1.165) is 12.4 Å². The number of nitrogens with zero attached hydrogens (tertiary/aromatic N) is 4. The first-order chi connectivity index (χ1) is 14.2. The summed E-state index contributed by atoms with van der Waals surface area (Å²) < 4.78 is 13.3. The van der Waals surface area contributed by atoms with Crippen LogP contribution in [-0.4, -0.2) is 51.6 Å². The molecule has 1 fully saturated rings. The van der Waals surface area contributed by atoms with E-state index >= 15 is 0 Å². The molecule has 150 valence electrons. The van der Waals surface area contributed by atoms with Gasteiger partial charge in [0.2, 0.25) is 5.88 Å². The number of benzene rings is 1. The Kier molecular flexibility index (Phi) is 5.71. The van der Waals surface area contributed by atoms with Gasteiger partial charge >= 0.3 is 0 Å². The van der Waals surface area contributed by atoms with Crippen molar-refractivity contribution in [2.24, 2.45) is 7.05 Å². The Balaban J connectivity index is 1.35. The van der Waals surface area contributed by atoms with Gasteiger partial charge in [-0.05, 0) is 30.3 Å². The van der Waals surface area contributed by atoms with Crippen LogP contribution in [0.15, 0.2) is 61.1 Å². The number of carbonyl (C=O) groups excluding carboxylic acids is 1. The molecule has 8 nitrogen and oxygen atoms in total. The molecular weight excluding hydrogens is 370 g/mol. The molecule has 1 saturated heterocycles. The highest BCUT2D eigenvalue weighted by molar-refractivity contribution is 5.78. The first-order valence-electron chi connectivity index (χ1n) is 9.50. The maximum Gasteiger partial charge on any atom is 0.261 e. The molecule has 3 aromatic rings. The van der Waals surface area contributed by atoms with Crippen LogP contribution >= 0.6 is 0 Å². The Morgan fingerprint density at radius 3 is 2.69 bits per heavy atom. The van der Waals surface area contributed by atoms with E-state index in [1.54, 1.807) is 42.7 Å². The summed E-state index contributed by atoms with van der Waals surface area (Å²) in [6.45, 7) is 2.03. The average Bonchev–Trinajstić information content (AvgIpc) is 3.19. The summed E-state index contributed by atoms with van der Waals surface area (Å²) >= 11 is 0. The van der Waals surface area contributed by atoms with Crippen LogP contribution in [0.5, 0.6) is 17.4 Å². The monoisotopic (exact) mass is 393 g/mol. The van der Waals surface area contributed by atoms with E-state index < -0.39 is 0 Å². The second-order valence-electron chi connectivity index (χ2n) is 6.73. The Bertz CT molecular complexity index is 942. The summed E-state index contributed by atoms with van der Waals surface area (Å²) in [5.41, 5.74) is 0. The number of hydrogen-bond acceptors (Lipinski definition) is 6. The van der Waals surface area contributed by atoms with Gasteiger partial charge in [-0.1, -0.05) is 6.07 Å². The van der Waals surface area contributed by atoms with Gasteiger partial charge in [0.05, 0.1) is 0 Å². The van der Waals surface area contributed by atoms with Crippen molar-refractivity contribution in [1.82, 2.24) is 24.8 Å². The molecule has 0 spiro atoms. The molecule has 3 heterocycles. The minimum absolute atomic E-state index is 0.0264. The molecule has 8 heteroatoms. The van der Waals surface area contributed by atoms with Gasteiger partial charge in [-0.25, -0.2) is 9.97 Å². The van der Waals surface area contributed by atoms with Gasteiger partial charge in [-0.3, -0.25) is 4.79 Å². The molecule has 1 unspecified atom stereocenters. The van der Waals surface area contributed by atoms with Gasteiger partial charge in [0.1, 0.15) is 23.4 Å². The number of imidazole rings is 1. The van der Waals surface area contributed by atoms with E-state index in [1.165, 1.54) is 0 Å². The number of amides is 1. The van der Waals surface area contributed by atoms with Gasteiger partial charge in [0.25, 0.3) is 5.91 Å². The minimum atomic E-state index is -0.103. The van der Waals surface area contributed by atoms with Crippen LogP contribution in [0.2, 0.25) is 0 Å². The second-order valence-corrected chi connectivity index (χ2v) is 6.73. The predicted molar refractivity (Wildman–Crippen MR) is 107 cm³/mol. The van der Waals surface area contributed by atoms with Gasteiger partial charge in [-0.2, -0.15) is 0 Å². The highest BCUT2D eigenvalue weighted by atomic mass is 16.5. The van der Waals surface area contributed by atoms with E-state index in [2.05, 4.69) is 15.3 Å². The van der Waals surface area contributed by atoms with Gasteiger partial charge in [0.15, 0.2) is 6.61 Å². The third-order valence-electron chi connectivity index (χ3n) is 4.77. The van der Waals surface area contributed by atoms with Crippen molar-refractivity contribution >= 4 is 5.91 Å². The lowest BCUT2D eigenvalue weighted by Gasteiger charge is -2.35. The van der Waals surface area contributed by atoms with Crippen molar-refractivity contribution in [2.45, 2.75) is 6.04 Å². The summed E-state index contributed by atoms with van der Waals surface area (Å²) in [5, 5.41) is 3.33. The fourth-order valence-corrected chi connectivity index (χ4v) is 3.29. The van der Waals surface area contributed by atoms with Gasteiger partial charge in [-0.15, -0.1) is 0 Å². The third-order valence-corrected chi connectivity index (χ3v) is 4.77. The molecule has 0 aliphatic carbocycles. The molecular formula is C21H23N5O3. The summed E-state index contributed by atoms with van der Waals surface area (Å²) in [4.78, 5) is 23.2. The molecule has 0 radical (unpaired) electrons. The summed E-state index contributed by atoms with van der Waals surface area (Å²) in [6.07, 6.45) is 5.31. The highest BCUT2D eigenvalue weighted by Gasteiger charge is 2.30. The number of aromatic nitrogens is 3. The summed E-state index contributed by atoms with van der Waals surface area (Å²) in [7, 11) is 1.94. The SMILES string of the molecule is Cn1ccnc1C1CNCCN1C(=O)COc1ccc(Oc2ccccn2)cc1. The van der Waals surface area contributed by atoms with Crippen LogP contribution < -0.4 is 14.8 Å². The fraction of sp³-hybridized carbons (Fsp3) is 0.286. The molecule has 1 aliphatic heterocycles. The molecule has 2 aromatic heterocycles. The first-order valence-corrected chi connectivity index (χ1v) is 9.50. The molecule has 0 saturated carbocycles. The van der Waals surface area contributed by atoms with Gasteiger partial charge in [0, 0.05) is 51.3 Å². The first kappa shape index (κ1) is 18.9. The van der Waals surface area contributed by atoms with Crippen molar-refractivity contribution in [3.05, 3.63) is 66.9 Å². The van der Waals surface area contributed by atoms with Crippen molar-refractivity contribution < 1.29 is 14.3 Å². The van der Waals surface area contributed by atoms with E-state index in [1.807, 2.05) is 34.8 Å². The maximum atomic E-state index is 12.8. The molecule has 0 bridgehead atoms. The third kappa shape index (κ3) is 4.55. The molecule has 1 aromatic carbocycles. The molecule has 29 heavy (non-hydrogen) atoms. The number of piperazine rings is 1. The van der Waals surface area contributed by atoms with Crippen molar-refractivity contribution in [2.75, 3.05) is 26.2 Å². The van der Waals surface area contributed by atoms with Crippen LogP contribution in [0.4, 0.5) is 0 Å². The Hall–Kier alpha value is -3.39. The molecule has 1 aliphatic rings. The van der Waals surface area contributed by atoms with E-state index in [4.69, 9.17) is 9.47 Å². The number of hydrogen-bond donors (Lipinski definition) is 1. The standard InChI is InChI=1S/C21H23N5O3/c1-25-12-11-24-21(25)18-14-22-10-13-26(18)20(27)15-28-16-5-7-17(8-6-16)29-19-4-2-3-9-23-19/h2-9,11-12,18,22H,10,13-15H2,1H3. The lowest BCUT2D eigenvalue weighted by molar-refractivity contribution is -0.137. The highest BCUT2D eigenvalue weighted by Crippen LogP contribution is 2.23. The van der Waals surface area contributed by atoms with Crippen LogP contribution in [0, 0.1) is 0 Å². The smallest absolute Gasteiger partial charge is 0.261 e. The number of nitrogens with one attached hydrogen (secondary N) is 1. The lowest BCUT2D eigenvalue weighted by Crippen LogP contribution is -2.50. The van der Waals surface area contributed by atoms with Crippen LogP contribution in [0.3, 0.4) is 0 Å². The van der Waals surface area contributed by atoms with Crippen molar-refractivity contribution in [3.8, 4) is 17.4 Å². The number of aryl methyl sites for hydroxylation is 1.